The summed E-state index contributed by atoms with van der Waals surface area (Å²) in [6, 6.07) is 4.50. The van der Waals surface area contributed by atoms with E-state index in [1.807, 2.05) is 26.0 Å². The van der Waals surface area contributed by atoms with Gasteiger partial charge in [0.15, 0.2) is 0 Å². The van der Waals surface area contributed by atoms with E-state index in [9.17, 15) is 14.4 Å². The van der Waals surface area contributed by atoms with Crippen LogP contribution in [0.25, 0.3) is 0 Å². The second-order valence-electron chi connectivity index (χ2n) is 7.74. The summed E-state index contributed by atoms with van der Waals surface area (Å²) in [6.07, 6.45) is 1.56. The van der Waals surface area contributed by atoms with Gasteiger partial charge in [0, 0.05) is 18.5 Å². The van der Waals surface area contributed by atoms with Crippen molar-refractivity contribution < 1.29 is 23.9 Å². The molecule has 3 heterocycles. The van der Waals surface area contributed by atoms with Crippen molar-refractivity contribution in [2.24, 2.45) is 5.92 Å². The van der Waals surface area contributed by atoms with Crippen molar-refractivity contribution in [1.82, 2.24) is 4.90 Å². The van der Waals surface area contributed by atoms with E-state index in [0.29, 0.717) is 25.1 Å². The standard InChI is InChI=1S/C19H22N2O5/c1-19(2)10-12-8-13(4-5-15(12)26-19)21-16(22)14-9-11(17(23)25-3)6-7-20(14)18(21)24/h4-5,8,11,14H,6-7,9-10H2,1-3H3. The Morgan fingerprint density at radius 1 is 1.31 bits per heavy atom. The number of nitrogens with zero attached hydrogens (tertiary/aromatic N) is 2. The second-order valence-corrected chi connectivity index (χ2v) is 7.74. The number of urea groups is 1. The Hall–Kier alpha value is -2.57. The molecular weight excluding hydrogens is 336 g/mol. The van der Waals surface area contributed by atoms with Crippen LogP contribution in [-0.2, 0) is 20.7 Å². The van der Waals surface area contributed by atoms with Gasteiger partial charge in [-0.25, -0.2) is 9.69 Å². The quantitative estimate of drug-likeness (QED) is 0.598. The lowest BCUT2D eigenvalue weighted by Crippen LogP contribution is -2.44. The van der Waals surface area contributed by atoms with E-state index in [-0.39, 0.29) is 29.4 Å². The third-order valence-corrected chi connectivity index (χ3v) is 5.38. The molecule has 4 rings (SSSR count). The zero-order valence-electron chi connectivity index (χ0n) is 15.2. The van der Waals surface area contributed by atoms with E-state index in [4.69, 9.17) is 9.47 Å². The smallest absolute Gasteiger partial charge is 0.332 e. The Morgan fingerprint density at radius 3 is 2.81 bits per heavy atom. The van der Waals surface area contributed by atoms with Crippen LogP contribution in [0.4, 0.5) is 10.5 Å². The van der Waals surface area contributed by atoms with Crippen LogP contribution in [0.5, 0.6) is 5.75 Å². The Labute approximate surface area is 151 Å². The first-order chi connectivity index (χ1) is 12.3. The number of fused-ring (bicyclic) bond motifs is 2. The molecule has 0 spiro atoms. The molecule has 2 atom stereocenters. The number of imide groups is 1. The third kappa shape index (κ3) is 2.53. The molecule has 138 valence electrons. The lowest BCUT2D eigenvalue weighted by molar-refractivity contribution is -0.147. The van der Waals surface area contributed by atoms with Crippen molar-refractivity contribution in [3.63, 3.8) is 0 Å². The molecule has 1 aromatic carbocycles. The second kappa shape index (κ2) is 5.72. The van der Waals surface area contributed by atoms with Crippen molar-refractivity contribution in [3.8, 4) is 5.75 Å². The van der Waals surface area contributed by atoms with Gasteiger partial charge in [-0.15, -0.1) is 0 Å². The topological polar surface area (TPSA) is 76.2 Å². The highest BCUT2D eigenvalue weighted by molar-refractivity contribution is 6.21. The molecule has 26 heavy (non-hydrogen) atoms. The fourth-order valence-electron chi connectivity index (χ4n) is 4.15. The maximum absolute atomic E-state index is 12.9. The summed E-state index contributed by atoms with van der Waals surface area (Å²) in [5.74, 6) is -0.143. The van der Waals surface area contributed by atoms with Crippen LogP contribution in [0.15, 0.2) is 18.2 Å². The van der Waals surface area contributed by atoms with E-state index < -0.39 is 6.04 Å². The predicted molar refractivity (Wildman–Crippen MR) is 93.0 cm³/mol. The number of methoxy groups -OCH3 is 1. The van der Waals surface area contributed by atoms with Gasteiger partial charge in [-0.1, -0.05) is 0 Å². The minimum atomic E-state index is -0.596. The third-order valence-electron chi connectivity index (χ3n) is 5.38. The van der Waals surface area contributed by atoms with E-state index in [0.717, 1.165) is 17.7 Å². The van der Waals surface area contributed by atoms with E-state index in [1.54, 1.807) is 11.0 Å². The number of hydrogen-bond donors (Lipinski definition) is 0. The lowest BCUT2D eigenvalue weighted by Gasteiger charge is -2.30. The summed E-state index contributed by atoms with van der Waals surface area (Å²) in [7, 11) is 1.34. The number of piperidine rings is 1. The highest BCUT2D eigenvalue weighted by atomic mass is 16.5. The Kier molecular flexibility index (Phi) is 3.71. The molecular formula is C19H22N2O5. The van der Waals surface area contributed by atoms with Crippen LogP contribution in [0.1, 0.15) is 32.3 Å². The number of anilines is 1. The normalized spacial score (nSPS) is 26.4. The van der Waals surface area contributed by atoms with Gasteiger partial charge in [0.2, 0.25) is 0 Å². The van der Waals surface area contributed by atoms with Crippen LogP contribution >= 0.6 is 0 Å². The molecule has 2 unspecified atom stereocenters. The highest BCUT2D eigenvalue weighted by Gasteiger charge is 2.50. The summed E-state index contributed by atoms with van der Waals surface area (Å²) in [5, 5.41) is 0. The lowest BCUT2D eigenvalue weighted by atomic mass is 9.91. The average molecular weight is 358 g/mol. The van der Waals surface area contributed by atoms with Gasteiger partial charge in [0.1, 0.15) is 17.4 Å². The minimum absolute atomic E-state index is 0.276. The van der Waals surface area contributed by atoms with E-state index >= 15 is 0 Å². The van der Waals surface area contributed by atoms with E-state index in [1.165, 1.54) is 12.0 Å². The molecule has 2 fully saturated rings. The van der Waals surface area contributed by atoms with Crippen molar-refractivity contribution in [2.45, 2.75) is 44.8 Å². The number of carbonyl (C=O) groups is 3. The molecule has 0 aromatic heterocycles. The first kappa shape index (κ1) is 16.9. The number of ether oxygens (including phenoxy) is 2. The fraction of sp³-hybridized carbons (Fsp3) is 0.526. The van der Waals surface area contributed by atoms with Crippen molar-refractivity contribution >= 4 is 23.6 Å². The number of hydrogen-bond acceptors (Lipinski definition) is 5. The summed E-state index contributed by atoms with van der Waals surface area (Å²) in [5.41, 5.74) is 1.26. The van der Waals surface area contributed by atoms with Gasteiger partial charge >= 0.3 is 12.0 Å². The first-order valence-electron chi connectivity index (χ1n) is 8.85. The Balaban J connectivity index is 1.60. The molecule has 7 heteroatoms. The van der Waals surface area contributed by atoms with Gasteiger partial charge in [-0.05, 0) is 44.9 Å². The maximum atomic E-state index is 12.9. The largest absolute Gasteiger partial charge is 0.487 e. The molecule has 3 aliphatic rings. The van der Waals surface area contributed by atoms with Gasteiger partial charge in [0.05, 0.1) is 18.7 Å². The first-order valence-corrected chi connectivity index (χ1v) is 8.85. The van der Waals surface area contributed by atoms with Crippen LogP contribution in [0.3, 0.4) is 0 Å². The predicted octanol–water partition coefficient (Wildman–Crippen LogP) is 2.12. The van der Waals surface area contributed by atoms with Crippen molar-refractivity contribution in [1.29, 1.82) is 0 Å². The molecule has 0 aliphatic carbocycles. The van der Waals surface area contributed by atoms with Gasteiger partial charge in [-0.3, -0.25) is 9.59 Å². The molecule has 7 nitrogen and oxygen atoms in total. The average Bonchev–Trinajstić information content (AvgIpc) is 3.05. The van der Waals surface area contributed by atoms with E-state index in [2.05, 4.69) is 0 Å². The zero-order valence-corrected chi connectivity index (χ0v) is 15.2. The maximum Gasteiger partial charge on any atom is 0.332 e. The number of amides is 3. The monoisotopic (exact) mass is 358 g/mol. The summed E-state index contributed by atoms with van der Waals surface area (Å²) in [4.78, 5) is 40.3. The molecule has 1 aromatic rings. The molecule has 0 radical (unpaired) electrons. The Bertz CT molecular complexity index is 803. The van der Waals surface area contributed by atoms with Gasteiger partial charge in [-0.2, -0.15) is 0 Å². The summed E-state index contributed by atoms with van der Waals surface area (Å²) < 4.78 is 10.7. The fourth-order valence-corrected chi connectivity index (χ4v) is 4.15. The van der Waals surface area contributed by atoms with Crippen LogP contribution < -0.4 is 9.64 Å². The number of benzene rings is 1. The summed E-state index contributed by atoms with van der Waals surface area (Å²) >= 11 is 0. The van der Waals surface area contributed by atoms with Crippen LogP contribution in [0.2, 0.25) is 0 Å². The number of carbonyl (C=O) groups excluding carboxylic acids is 3. The zero-order chi connectivity index (χ0) is 18.6. The van der Waals surface area contributed by atoms with Crippen LogP contribution in [0, 0.1) is 5.92 Å². The SMILES string of the molecule is COC(=O)C1CCN2C(=O)N(c3ccc4c(c3)CC(C)(C)O4)C(=O)C2C1. The molecule has 2 saturated heterocycles. The number of esters is 1. The number of rotatable bonds is 2. The van der Waals surface area contributed by atoms with Gasteiger partial charge in [0.25, 0.3) is 5.91 Å². The van der Waals surface area contributed by atoms with Crippen molar-refractivity contribution in [2.75, 3.05) is 18.6 Å². The molecule has 3 amide bonds. The van der Waals surface area contributed by atoms with Crippen molar-refractivity contribution in [3.05, 3.63) is 23.8 Å². The minimum Gasteiger partial charge on any atom is -0.487 e. The molecule has 0 N–H and O–H groups in total. The van der Waals surface area contributed by atoms with Crippen LogP contribution in [-0.4, -0.2) is 48.1 Å². The summed E-state index contributed by atoms with van der Waals surface area (Å²) in [6.45, 7) is 4.39. The molecule has 0 bridgehead atoms. The highest BCUT2D eigenvalue weighted by Crippen LogP contribution is 2.39. The molecule has 0 saturated carbocycles. The Morgan fingerprint density at radius 2 is 2.08 bits per heavy atom. The van der Waals surface area contributed by atoms with Gasteiger partial charge < -0.3 is 14.4 Å². The molecule has 3 aliphatic heterocycles.